The molecule has 1 aliphatic heterocycles. The number of aliphatic hydroxyl groups is 1. The number of hydrogen-bond donors (Lipinski definition) is 1. The van der Waals surface area contributed by atoms with E-state index in [0.29, 0.717) is 22.6 Å². The molecule has 1 aromatic carbocycles. The molecule has 0 bridgehead atoms. The highest BCUT2D eigenvalue weighted by molar-refractivity contribution is 5.97. The zero-order valence-corrected chi connectivity index (χ0v) is 11.8. The summed E-state index contributed by atoms with van der Waals surface area (Å²) in [6.45, 7) is 5.15. The number of carbonyl (C=O) groups is 1. The fourth-order valence-electron chi connectivity index (χ4n) is 2.65. The van der Waals surface area contributed by atoms with Crippen LogP contribution in [0.2, 0.25) is 0 Å². The van der Waals surface area contributed by atoms with Crippen molar-refractivity contribution in [2.45, 2.75) is 33.0 Å². The molecule has 19 heavy (non-hydrogen) atoms. The number of carbonyl (C=O) groups excluding carboxylic acids is 1. The molecule has 1 heterocycles. The van der Waals surface area contributed by atoms with Crippen LogP contribution in [0.1, 0.15) is 34.0 Å². The van der Waals surface area contributed by atoms with Crippen molar-refractivity contribution in [3.63, 3.8) is 0 Å². The van der Waals surface area contributed by atoms with Gasteiger partial charge in [0.05, 0.1) is 14.2 Å². The molecule has 1 N–H and O–H groups in total. The molecule has 0 aliphatic carbocycles. The molecule has 1 aromatic rings. The summed E-state index contributed by atoms with van der Waals surface area (Å²) in [5.41, 5.74) is 2.66. The molecule has 0 spiro atoms. The summed E-state index contributed by atoms with van der Waals surface area (Å²) in [5, 5.41) is 9.99. The van der Waals surface area contributed by atoms with E-state index in [1.165, 1.54) is 14.0 Å². The van der Waals surface area contributed by atoms with Crippen molar-refractivity contribution in [3.8, 4) is 11.5 Å². The lowest BCUT2D eigenvalue weighted by atomic mass is 9.89. The largest absolute Gasteiger partial charge is 0.496 e. The molecule has 104 valence electrons. The third-order valence-electron chi connectivity index (χ3n) is 3.43. The van der Waals surface area contributed by atoms with Gasteiger partial charge >= 0.3 is 5.97 Å². The van der Waals surface area contributed by atoms with Crippen molar-refractivity contribution in [3.05, 3.63) is 22.3 Å². The van der Waals surface area contributed by atoms with Crippen molar-refractivity contribution in [2.75, 3.05) is 14.2 Å². The molecule has 0 radical (unpaired) electrons. The third-order valence-corrected chi connectivity index (χ3v) is 3.43. The third kappa shape index (κ3) is 2.04. The summed E-state index contributed by atoms with van der Waals surface area (Å²) in [6.07, 6.45) is 0.215. The Kier molecular flexibility index (Phi) is 3.18. The summed E-state index contributed by atoms with van der Waals surface area (Å²) >= 11 is 0. The Morgan fingerprint density at radius 3 is 2.26 bits per heavy atom. The SMILES string of the molecule is COc1c(C)c2c(c(OC)c1C)C(=O)OC(C)(O)C2. The first kappa shape index (κ1) is 13.7. The van der Waals surface area contributed by atoms with E-state index >= 15 is 0 Å². The van der Waals surface area contributed by atoms with Crippen molar-refractivity contribution in [1.29, 1.82) is 0 Å². The van der Waals surface area contributed by atoms with Crippen molar-refractivity contribution in [1.82, 2.24) is 0 Å². The molecule has 5 heteroatoms. The van der Waals surface area contributed by atoms with Gasteiger partial charge in [-0.15, -0.1) is 0 Å². The van der Waals surface area contributed by atoms with Crippen LogP contribution >= 0.6 is 0 Å². The number of cyclic esters (lactones) is 1. The van der Waals surface area contributed by atoms with Crippen LogP contribution in [0.25, 0.3) is 0 Å². The fraction of sp³-hybridized carbons (Fsp3) is 0.500. The van der Waals surface area contributed by atoms with E-state index in [4.69, 9.17) is 14.2 Å². The van der Waals surface area contributed by atoms with Crippen LogP contribution in [0.4, 0.5) is 0 Å². The van der Waals surface area contributed by atoms with Crippen LogP contribution in [0.5, 0.6) is 11.5 Å². The Morgan fingerprint density at radius 1 is 1.16 bits per heavy atom. The van der Waals surface area contributed by atoms with Crippen LogP contribution in [0.15, 0.2) is 0 Å². The molecule has 1 aliphatic rings. The Bertz CT molecular complexity index is 546. The van der Waals surface area contributed by atoms with Gasteiger partial charge in [0.2, 0.25) is 5.79 Å². The Balaban J connectivity index is 2.79. The molecule has 0 saturated heterocycles. The number of ether oxygens (including phenoxy) is 3. The van der Waals surface area contributed by atoms with E-state index < -0.39 is 11.8 Å². The molecule has 1 atom stereocenters. The highest BCUT2D eigenvalue weighted by Gasteiger charge is 2.39. The summed E-state index contributed by atoms with van der Waals surface area (Å²) in [7, 11) is 3.07. The quantitative estimate of drug-likeness (QED) is 0.826. The topological polar surface area (TPSA) is 65.0 Å². The van der Waals surface area contributed by atoms with Gasteiger partial charge in [0.15, 0.2) is 0 Å². The Hall–Kier alpha value is -1.75. The predicted molar refractivity (Wildman–Crippen MR) is 68.8 cm³/mol. The summed E-state index contributed by atoms with van der Waals surface area (Å²) in [6, 6.07) is 0. The molecular weight excluding hydrogens is 248 g/mol. The van der Waals surface area contributed by atoms with E-state index in [1.54, 1.807) is 7.11 Å². The summed E-state index contributed by atoms with van der Waals surface area (Å²) in [5.74, 6) is -0.962. The lowest BCUT2D eigenvalue weighted by Crippen LogP contribution is -2.39. The minimum absolute atomic E-state index is 0.215. The molecule has 0 aromatic heterocycles. The first-order valence-corrected chi connectivity index (χ1v) is 6.02. The smallest absolute Gasteiger partial charge is 0.344 e. The minimum atomic E-state index is -1.50. The van der Waals surface area contributed by atoms with Crippen LogP contribution < -0.4 is 9.47 Å². The molecule has 0 fully saturated rings. The van der Waals surface area contributed by atoms with Gasteiger partial charge in [-0.25, -0.2) is 4.79 Å². The Labute approximate surface area is 112 Å². The highest BCUT2D eigenvalue weighted by atomic mass is 16.7. The normalized spacial score (nSPS) is 21.7. The van der Waals surface area contributed by atoms with Crippen molar-refractivity contribution in [2.24, 2.45) is 0 Å². The van der Waals surface area contributed by atoms with E-state index in [-0.39, 0.29) is 6.42 Å². The Morgan fingerprint density at radius 2 is 1.74 bits per heavy atom. The van der Waals surface area contributed by atoms with Crippen molar-refractivity contribution >= 4 is 5.97 Å². The second kappa shape index (κ2) is 4.42. The molecule has 0 saturated carbocycles. The number of esters is 1. The maximum absolute atomic E-state index is 12.1. The maximum Gasteiger partial charge on any atom is 0.344 e. The second-order valence-electron chi connectivity index (χ2n) is 4.91. The molecule has 2 rings (SSSR count). The van der Waals surface area contributed by atoms with E-state index in [1.807, 2.05) is 13.8 Å². The first-order valence-electron chi connectivity index (χ1n) is 6.02. The molecule has 0 amide bonds. The number of benzene rings is 1. The summed E-state index contributed by atoms with van der Waals surface area (Å²) < 4.78 is 15.7. The number of methoxy groups -OCH3 is 2. The van der Waals surface area contributed by atoms with Gasteiger partial charge in [-0.2, -0.15) is 0 Å². The monoisotopic (exact) mass is 266 g/mol. The fourth-order valence-corrected chi connectivity index (χ4v) is 2.65. The second-order valence-corrected chi connectivity index (χ2v) is 4.91. The van der Waals surface area contributed by atoms with E-state index in [9.17, 15) is 9.90 Å². The maximum atomic E-state index is 12.1. The van der Waals surface area contributed by atoms with Gasteiger partial charge in [0, 0.05) is 18.9 Å². The van der Waals surface area contributed by atoms with Gasteiger partial charge in [0.1, 0.15) is 17.1 Å². The number of fused-ring (bicyclic) bond motifs is 1. The number of hydrogen-bond acceptors (Lipinski definition) is 5. The van der Waals surface area contributed by atoms with Gasteiger partial charge in [-0.05, 0) is 25.0 Å². The zero-order chi connectivity index (χ0) is 14.4. The van der Waals surface area contributed by atoms with Crippen molar-refractivity contribution < 1.29 is 24.1 Å². The van der Waals surface area contributed by atoms with Crippen LogP contribution in [0, 0.1) is 13.8 Å². The van der Waals surface area contributed by atoms with Crippen LogP contribution in [0.3, 0.4) is 0 Å². The lowest BCUT2D eigenvalue weighted by Gasteiger charge is -2.32. The molecular formula is C14H18O5. The molecule has 5 nitrogen and oxygen atoms in total. The average molecular weight is 266 g/mol. The number of rotatable bonds is 2. The highest BCUT2D eigenvalue weighted by Crippen LogP contribution is 2.42. The zero-order valence-electron chi connectivity index (χ0n) is 11.8. The predicted octanol–water partition coefficient (Wildman–Crippen LogP) is 1.74. The van der Waals surface area contributed by atoms with Gasteiger partial charge in [0.25, 0.3) is 0 Å². The average Bonchev–Trinajstić information content (AvgIpc) is 2.30. The summed E-state index contributed by atoms with van der Waals surface area (Å²) in [4.78, 5) is 12.1. The van der Waals surface area contributed by atoms with E-state index in [0.717, 1.165) is 11.1 Å². The standard InChI is InChI=1S/C14H18O5/c1-7-9-6-14(3,16)19-13(15)10(9)12(18-5)8(2)11(7)17-4/h16H,6H2,1-5H3. The van der Waals surface area contributed by atoms with E-state index in [2.05, 4.69) is 0 Å². The minimum Gasteiger partial charge on any atom is -0.496 e. The lowest BCUT2D eigenvalue weighted by molar-refractivity contribution is -0.154. The first-order chi connectivity index (χ1) is 8.82. The van der Waals surface area contributed by atoms with Gasteiger partial charge in [-0.1, -0.05) is 0 Å². The van der Waals surface area contributed by atoms with Crippen LogP contribution in [-0.4, -0.2) is 31.1 Å². The van der Waals surface area contributed by atoms with Gasteiger partial charge in [-0.3, -0.25) is 0 Å². The van der Waals surface area contributed by atoms with Crippen LogP contribution in [-0.2, 0) is 11.2 Å². The molecule has 1 unspecified atom stereocenters. The van der Waals surface area contributed by atoms with Gasteiger partial charge < -0.3 is 19.3 Å².